The van der Waals surface area contributed by atoms with Crippen LogP contribution in [0.4, 0.5) is 0 Å². The fourth-order valence-corrected chi connectivity index (χ4v) is 2.72. The first-order chi connectivity index (χ1) is 11.6. The molecule has 1 aliphatic heterocycles. The van der Waals surface area contributed by atoms with Crippen molar-refractivity contribution >= 4 is 5.91 Å². The molecule has 2 aromatic rings. The number of hydrogen-bond acceptors (Lipinski definition) is 5. The largest absolute Gasteiger partial charge is 0.379 e. The smallest absolute Gasteiger partial charge is 0.273 e. The fraction of sp³-hybridized carbons (Fsp3) is 0.471. The fourth-order valence-electron chi connectivity index (χ4n) is 2.72. The molecule has 0 radical (unpaired) electrons. The summed E-state index contributed by atoms with van der Waals surface area (Å²) in [6.07, 6.45) is 1.49. The summed E-state index contributed by atoms with van der Waals surface area (Å²) >= 11 is 0. The lowest BCUT2D eigenvalue weighted by molar-refractivity contribution is -0.00924. The van der Waals surface area contributed by atoms with Gasteiger partial charge in [-0.1, -0.05) is 18.2 Å². The van der Waals surface area contributed by atoms with Gasteiger partial charge in [0.1, 0.15) is 0 Å². The van der Waals surface area contributed by atoms with E-state index in [1.54, 1.807) is 0 Å². The van der Waals surface area contributed by atoms with E-state index in [9.17, 15) is 4.79 Å². The van der Waals surface area contributed by atoms with Crippen molar-refractivity contribution in [1.82, 2.24) is 25.2 Å². The Kier molecular flexibility index (Phi) is 4.92. The van der Waals surface area contributed by atoms with Gasteiger partial charge in [-0.15, -0.1) is 5.10 Å². The summed E-state index contributed by atoms with van der Waals surface area (Å²) in [5, 5.41) is 11.4. The van der Waals surface area contributed by atoms with Crippen molar-refractivity contribution in [3.8, 4) is 5.69 Å². The van der Waals surface area contributed by atoms with Crippen molar-refractivity contribution in [3.05, 3.63) is 42.2 Å². The molecule has 128 valence electrons. The van der Waals surface area contributed by atoms with E-state index >= 15 is 0 Å². The normalized spacial score (nSPS) is 16.1. The summed E-state index contributed by atoms with van der Waals surface area (Å²) in [7, 11) is 0. The molecule has 0 saturated carbocycles. The number of nitrogens with one attached hydrogen (secondary N) is 1. The molecular formula is C17H23N5O2. The zero-order chi connectivity index (χ0) is 17.0. The minimum absolute atomic E-state index is 0.130. The van der Waals surface area contributed by atoms with Gasteiger partial charge in [-0.05, 0) is 26.0 Å². The molecule has 7 nitrogen and oxygen atoms in total. The van der Waals surface area contributed by atoms with Gasteiger partial charge in [0.05, 0.1) is 25.1 Å². The van der Waals surface area contributed by atoms with Crippen molar-refractivity contribution in [1.29, 1.82) is 0 Å². The van der Waals surface area contributed by atoms with Gasteiger partial charge < -0.3 is 10.1 Å². The highest BCUT2D eigenvalue weighted by molar-refractivity contribution is 5.91. The van der Waals surface area contributed by atoms with Crippen LogP contribution in [0.3, 0.4) is 0 Å². The molecule has 0 unspecified atom stereocenters. The predicted octanol–water partition coefficient (Wildman–Crippen LogP) is 1.11. The van der Waals surface area contributed by atoms with Crippen LogP contribution in [0.25, 0.3) is 5.69 Å². The second-order valence-electron chi connectivity index (χ2n) is 6.45. The first-order valence-corrected chi connectivity index (χ1v) is 8.15. The number of hydrogen-bond donors (Lipinski definition) is 1. The summed E-state index contributed by atoms with van der Waals surface area (Å²) in [4.78, 5) is 16.1. The highest BCUT2D eigenvalue weighted by Gasteiger charge is 2.29. The summed E-state index contributed by atoms with van der Waals surface area (Å²) in [5.74, 6) is -0.210. The van der Waals surface area contributed by atoms with Gasteiger partial charge >= 0.3 is 0 Å². The molecule has 0 aliphatic carbocycles. The second kappa shape index (κ2) is 7.11. The Bertz CT molecular complexity index is 677. The molecule has 1 aromatic carbocycles. The van der Waals surface area contributed by atoms with Crippen molar-refractivity contribution in [2.45, 2.75) is 19.4 Å². The number of ether oxygens (including phenoxy) is 1. The lowest BCUT2D eigenvalue weighted by Crippen LogP contribution is -2.55. The second-order valence-corrected chi connectivity index (χ2v) is 6.45. The Balaban J connectivity index is 1.60. The molecule has 1 saturated heterocycles. The first-order valence-electron chi connectivity index (χ1n) is 8.15. The Morgan fingerprint density at radius 2 is 1.96 bits per heavy atom. The molecule has 3 rings (SSSR count). The average molecular weight is 329 g/mol. The summed E-state index contributed by atoms with van der Waals surface area (Å²) in [6, 6.07) is 9.52. The molecule has 1 N–H and O–H groups in total. The van der Waals surface area contributed by atoms with Crippen molar-refractivity contribution in [3.63, 3.8) is 0 Å². The van der Waals surface area contributed by atoms with E-state index in [1.165, 1.54) is 11.0 Å². The SMILES string of the molecule is CC(C)(CNC(=O)c1cnn(-c2ccccc2)n1)N1CCOCC1. The van der Waals surface area contributed by atoms with Gasteiger partial charge in [0.2, 0.25) is 0 Å². The van der Waals surface area contributed by atoms with E-state index in [0.717, 1.165) is 32.0 Å². The third-order valence-corrected chi connectivity index (χ3v) is 4.26. The Morgan fingerprint density at radius 1 is 1.25 bits per heavy atom. The molecule has 2 heterocycles. The number of nitrogens with zero attached hydrogens (tertiary/aromatic N) is 4. The first kappa shape index (κ1) is 16.6. The molecule has 1 aromatic heterocycles. The molecule has 24 heavy (non-hydrogen) atoms. The molecule has 0 atom stereocenters. The average Bonchev–Trinajstić information content (AvgIpc) is 3.11. The summed E-state index contributed by atoms with van der Waals surface area (Å²) in [6.45, 7) is 8.04. The maximum Gasteiger partial charge on any atom is 0.273 e. The highest BCUT2D eigenvalue weighted by Crippen LogP contribution is 2.15. The van der Waals surface area contributed by atoms with E-state index in [2.05, 4.69) is 34.3 Å². The lowest BCUT2D eigenvalue weighted by Gasteiger charge is -2.40. The molecule has 1 amide bonds. The zero-order valence-corrected chi connectivity index (χ0v) is 14.1. The van der Waals surface area contributed by atoms with Crippen LogP contribution in [0.5, 0.6) is 0 Å². The topological polar surface area (TPSA) is 72.3 Å². The monoisotopic (exact) mass is 329 g/mol. The van der Waals surface area contributed by atoms with Gasteiger partial charge in [-0.2, -0.15) is 9.90 Å². The number of benzene rings is 1. The zero-order valence-electron chi connectivity index (χ0n) is 14.1. The van der Waals surface area contributed by atoms with E-state index in [0.29, 0.717) is 12.2 Å². The van der Waals surface area contributed by atoms with Gasteiger partial charge in [0.25, 0.3) is 5.91 Å². The third-order valence-electron chi connectivity index (χ3n) is 4.26. The van der Waals surface area contributed by atoms with Crippen LogP contribution in [0.1, 0.15) is 24.3 Å². The Morgan fingerprint density at radius 3 is 2.67 bits per heavy atom. The summed E-state index contributed by atoms with van der Waals surface area (Å²) < 4.78 is 5.38. The maximum atomic E-state index is 12.3. The minimum atomic E-state index is -0.210. The van der Waals surface area contributed by atoms with Gasteiger partial charge in [-0.3, -0.25) is 9.69 Å². The van der Waals surface area contributed by atoms with Crippen molar-refractivity contribution in [2.75, 3.05) is 32.8 Å². The number of amides is 1. The predicted molar refractivity (Wildman–Crippen MR) is 90.2 cm³/mol. The standard InChI is InChI=1S/C17H23N5O2/c1-17(2,21-8-10-24-11-9-21)13-18-16(23)15-12-19-22(20-15)14-6-4-3-5-7-14/h3-7,12H,8-11,13H2,1-2H3,(H,18,23). The van der Waals surface area contributed by atoms with Crippen molar-refractivity contribution < 1.29 is 9.53 Å². The molecule has 0 bridgehead atoms. The maximum absolute atomic E-state index is 12.3. The highest BCUT2D eigenvalue weighted by atomic mass is 16.5. The van der Waals surface area contributed by atoms with Crippen LogP contribution < -0.4 is 5.32 Å². The van der Waals surface area contributed by atoms with E-state index in [-0.39, 0.29) is 11.4 Å². The number of carbonyl (C=O) groups excluding carboxylic acids is 1. The third kappa shape index (κ3) is 3.80. The number of carbonyl (C=O) groups is 1. The van der Waals surface area contributed by atoms with E-state index in [4.69, 9.17) is 4.74 Å². The number of para-hydroxylation sites is 1. The van der Waals surface area contributed by atoms with E-state index < -0.39 is 0 Å². The van der Waals surface area contributed by atoms with Crippen LogP contribution in [-0.2, 0) is 4.74 Å². The van der Waals surface area contributed by atoms with Crippen LogP contribution in [-0.4, -0.2) is 64.2 Å². The van der Waals surface area contributed by atoms with Gasteiger partial charge in [0, 0.05) is 25.2 Å². The van der Waals surface area contributed by atoms with Crippen molar-refractivity contribution in [2.24, 2.45) is 0 Å². The van der Waals surface area contributed by atoms with E-state index in [1.807, 2.05) is 30.3 Å². The Labute approximate surface area is 141 Å². The van der Waals surface area contributed by atoms with Gasteiger partial charge in [0.15, 0.2) is 5.69 Å². The molecule has 1 fully saturated rings. The summed E-state index contributed by atoms with van der Waals surface area (Å²) in [5.41, 5.74) is 1.01. The molecule has 0 spiro atoms. The van der Waals surface area contributed by atoms with Crippen LogP contribution in [0, 0.1) is 0 Å². The Hall–Kier alpha value is -2.25. The molecule has 1 aliphatic rings. The van der Waals surface area contributed by atoms with Crippen LogP contribution >= 0.6 is 0 Å². The minimum Gasteiger partial charge on any atom is -0.379 e. The van der Waals surface area contributed by atoms with Gasteiger partial charge in [-0.25, -0.2) is 0 Å². The quantitative estimate of drug-likeness (QED) is 0.890. The number of aromatic nitrogens is 3. The number of morpholine rings is 1. The molecular weight excluding hydrogens is 306 g/mol. The van der Waals surface area contributed by atoms with Crippen LogP contribution in [0.15, 0.2) is 36.5 Å². The van der Waals surface area contributed by atoms with Crippen LogP contribution in [0.2, 0.25) is 0 Å². The molecule has 7 heteroatoms. The number of rotatable bonds is 5. The lowest BCUT2D eigenvalue weighted by atomic mass is 10.0.